The normalized spacial score (nSPS) is 11.3. The van der Waals surface area contributed by atoms with E-state index in [-0.39, 0.29) is 11.3 Å². The van der Waals surface area contributed by atoms with Crippen molar-refractivity contribution in [3.8, 4) is 17.2 Å². The lowest BCUT2D eigenvalue weighted by molar-refractivity contribution is 0.0774. The van der Waals surface area contributed by atoms with Crippen molar-refractivity contribution in [1.82, 2.24) is 15.0 Å². The third-order valence-electron chi connectivity index (χ3n) is 4.52. The lowest BCUT2D eigenvalue weighted by Crippen LogP contribution is -2.31. The molecule has 29 heavy (non-hydrogen) atoms. The second-order valence-corrected chi connectivity index (χ2v) is 8.11. The fourth-order valence-corrected chi connectivity index (χ4v) is 2.81. The Hall–Kier alpha value is -3.15. The lowest BCUT2D eigenvalue weighted by Gasteiger charge is -2.18. The molecule has 152 valence electrons. The van der Waals surface area contributed by atoms with E-state index in [1.807, 2.05) is 70.2 Å². The molecule has 6 heteroatoms. The quantitative estimate of drug-likeness (QED) is 0.617. The zero-order chi connectivity index (χ0) is 21.0. The number of benzene rings is 2. The third-order valence-corrected chi connectivity index (χ3v) is 4.52. The Morgan fingerprint density at radius 1 is 1.14 bits per heavy atom. The summed E-state index contributed by atoms with van der Waals surface area (Å²) < 4.78 is 11.2. The molecule has 0 saturated heterocycles. The summed E-state index contributed by atoms with van der Waals surface area (Å²) in [5.41, 5.74) is 2.06. The summed E-state index contributed by atoms with van der Waals surface area (Å²) >= 11 is 0. The average molecular weight is 393 g/mol. The van der Waals surface area contributed by atoms with Gasteiger partial charge < -0.3 is 14.2 Å². The molecule has 1 amide bonds. The molecule has 0 atom stereocenters. The number of carbonyl (C=O) groups is 1. The number of likely N-dealkylation sites (N-methyl/N-ethyl adjacent to an activating group) is 1. The largest absolute Gasteiger partial charge is 0.492 e. The molecule has 1 heterocycles. The maximum absolute atomic E-state index is 13.0. The Bertz CT molecular complexity index is 989. The fourth-order valence-electron chi connectivity index (χ4n) is 2.81. The van der Waals surface area contributed by atoms with Gasteiger partial charge in [0.2, 0.25) is 0 Å². The van der Waals surface area contributed by atoms with Gasteiger partial charge in [0.05, 0.1) is 17.7 Å². The molecule has 0 spiro atoms. The van der Waals surface area contributed by atoms with Gasteiger partial charge in [-0.2, -0.15) is 4.98 Å². The first kappa shape index (κ1) is 20.6. The van der Waals surface area contributed by atoms with Crippen molar-refractivity contribution in [2.24, 2.45) is 0 Å². The SMILES string of the molecule is Cc1cccc(OCCN(C)C(=O)c2ccccc2-c2nc(C(C)(C)C)no2)c1. The van der Waals surface area contributed by atoms with E-state index in [1.54, 1.807) is 18.0 Å². The number of rotatable bonds is 6. The molecule has 0 aliphatic rings. The Kier molecular flexibility index (Phi) is 6.01. The molecule has 3 rings (SSSR count). The molecule has 3 aromatic rings. The second-order valence-electron chi connectivity index (χ2n) is 8.11. The van der Waals surface area contributed by atoms with Crippen molar-refractivity contribution < 1.29 is 14.1 Å². The molecule has 0 radical (unpaired) electrons. The van der Waals surface area contributed by atoms with Crippen molar-refractivity contribution >= 4 is 5.91 Å². The van der Waals surface area contributed by atoms with Crippen LogP contribution in [0.3, 0.4) is 0 Å². The molecular formula is C23H27N3O3. The van der Waals surface area contributed by atoms with E-state index in [1.165, 1.54) is 0 Å². The predicted octanol–water partition coefficient (Wildman–Crippen LogP) is 4.49. The van der Waals surface area contributed by atoms with Crippen LogP contribution in [0.25, 0.3) is 11.5 Å². The first-order valence-corrected chi connectivity index (χ1v) is 9.64. The van der Waals surface area contributed by atoms with E-state index in [9.17, 15) is 4.79 Å². The minimum Gasteiger partial charge on any atom is -0.492 e. The molecule has 0 saturated carbocycles. The van der Waals surface area contributed by atoms with Gasteiger partial charge in [-0.25, -0.2) is 0 Å². The van der Waals surface area contributed by atoms with E-state index in [4.69, 9.17) is 9.26 Å². The van der Waals surface area contributed by atoms with E-state index in [0.717, 1.165) is 11.3 Å². The van der Waals surface area contributed by atoms with E-state index in [0.29, 0.717) is 36.0 Å². The van der Waals surface area contributed by atoms with Crippen LogP contribution in [0.2, 0.25) is 0 Å². The number of nitrogens with zero attached hydrogens (tertiary/aromatic N) is 3. The van der Waals surface area contributed by atoms with Gasteiger partial charge in [0.1, 0.15) is 12.4 Å². The van der Waals surface area contributed by atoms with Crippen LogP contribution in [0.5, 0.6) is 5.75 Å². The molecule has 0 N–H and O–H groups in total. The first-order chi connectivity index (χ1) is 13.8. The number of aryl methyl sites for hydroxylation is 1. The smallest absolute Gasteiger partial charge is 0.258 e. The van der Waals surface area contributed by atoms with Crippen molar-refractivity contribution in [3.63, 3.8) is 0 Å². The number of aromatic nitrogens is 2. The highest BCUT2D eigenvalue weighted by Gasteiger charge is 2.24. The van der Waals surface area contributed by atoms with E-state index in [2.05, 4.69) is 10.1 Å². The number of ether oxygens (including phenoxy) is 1. The topological polar surface area (TPSA) is 68.5 Å². The van der Waals surface area contributed by atoms with Crippen LogP contribution >= 0.6 is 0 Å². The van der Waals surface area contributed by atoms with Crippen molar-refractivity contribution in [2.75, 3.05) is 20.2 Å². The second kappa shape index (κ2) is 8.47. The highest BCUT2D eigenvalue weighted by molar-refractivity contribution is 5.99. The highest BCUT2D eigenvalue weighted by Crippen LogP contribution is 2.26. The van der Waals surface area contributed by atoms with Crippen molar-refractivity contribution in [1.29, 1.82) is 0 Å². The highest BCUT2D eigenvalue weighted by atomic mass is 16.5. The molecule has 2 aromatic carbocycles. The minimum absolute atomic E-state index is 0.121. The van der Waals surface area contributed by atoms with Crippen LogP contribution in [0.1, 0.15) is 42.5 Å². The van der Waals surface area contributed by atoms with Crippen LogP contribution in [-0.2, 0) is 5.41 Å². The summed E-state index contributed by atoms with van der Waals surface area (Å²) in [5.74, 6) is 1.63. The summed E-state index contributed by atoms with van der Waals surface area (Å²) in [4.78, 5) is 19.1. The Morgan fingerprint density at radius 3 is 2.59 bits per heavy atom. The van der Waals surface area contributed by atoms with Crippen LogP contribution in [0, 0.1) is 6.92 Å². The molecule has 1 aromatic heterocycles. The monoisotopic (exact) mass is 393 g/mol. The zero-order valence-corrected chi connectivity index (χ0v) is 17.6. The van der Waals surface area contributed by atoms with Crippen LogP contribution < -0.4 is 4.74 Å². The molecule has 6 nitrogen and oxygen atoms in total. The number of hydrogen-bond donors (Lipinski definition) is 0. The number of carbonyl (C=O) groups excluding carboxylic acids is 1. The fraction of sp³-hybridized carbons (Fsp3) is 0.348. The summed E-state index contributed by atoms with van der Waals surface area (Å²) in [5, 5.41) is 4.07. The summed E-state index contributed by atoms with van der Waals surface area (Å²) in [6, 6.07) is 15.1. The Labute approximate surface area is 171 Å². The van der Waals surface area contributed by atoms with Crippen molar-refractivity contribution in [3.05, 3.63) is 65.5 Å². The molecular weight excluding hydrogens is 366 g/mol. The first-order valence-electron chi connectivity index (χ1n) is 9.64. The van der Waals surface area contributed by atoms with Gasteiger partial charge in [-0.15, -0.1) is 0 Å². The van der Waals surface area contributed by atoms with E-state index >= 15 is 0 Å². The standard InChI is InChI=1S/C23H27N3O3/c1-16-9-8-10-17(15-16)28-14-13-26(5)21(27)19-12-7-6-11-18(19)20-24-22(25-29-20)23(2,3)4/h6-12,15H,13-14H2,1-5H3. The number of amides is 1. The van der Waals surface area contributed by atoms with Gasteiger partial charge in [0, 0.05) is 12.5 Å². The van der Waals surface area contributed by atoms with Crippen molar-refractivity contribution in [2.45, 2.75) is 33.1 Å². The van der Waals surface area contributed by atoms with Gasteiger partial charge in [0.15, 0.2) is 5.82 Å². The average Bonchev–Trinajstić information content (AvgIpc) is 3.18. The summed E-state index contributed by atoms with van der Waals surface area (Å²) in [6.45, 7) is 8.92. The summed E-state index contributed by atoms with van der Waals surface area (Å²) in [7, 11) is 1.76. The molecule has 0 fully saturated rings. The van der Waals surface area contributed by atoms with Crippen LogP contribution in [0.4, 0.5) is 0 Å². The Morgan fingerprint density at radius 2 is 1.90 bits per heavy atom. The molecule has 0 aliphatic carbocycles. The van der Waals surface area contributed by atoms with Crippen LogP contribution in [0.15, 0.2) is 53.1 Å². The minimum atomic E-state index is -0.232. The maximum atomic E-state index is 13.0. The molecule has 0 unspecified atom stereocenters. The van der Waals surface area contributed by atoms with Gasteiger partial charge in [-0.3, -0.25) is 4.79 Å². The maximum Gasteiger partial charge on any atom is 0.258 e. The third kappa shape index (κ3) is 5.02. The van der Waals surface area contributed by atoms with Gasteiger partial charge in [-0.05, 0) is 36.8 Å². The molecule has 0 aliphatic heterocycles. The lowest BCUT2D eigenvalue weighted by atomic mass is 9.96. The van der Waals surface area contributed by atoms with Crippen LogP contribution in [-0.4, -0.2) is 41.1 Å². The van der Waals surface area contributed by atoms with Gasteiger partial charge in [-0.1, -0.05) is 50.2 Å². The summed E-state index contributed by atoms with van der Waals surface area (Å²) in [6.07, 6.45) is 0. The van der Waals surface area contributed by atoms with Gasteiger partial charge >= 0.3 is 0 Å². The number of hydrogen-bond acceptors (Lipinski definition) is 5. The molecule has 0 bridgehead atoms. The predicted molar refractivity (Wildman–Crippen MR) is 112 cm³/mol. The zero-order valence-electron chi connectivity index (χ0n) is 17.6. The van der Waals surface area contributed by atoms with Gasteiger partial charge in [0.25, 0.3) is 11.8 Å². The van der Waals surface area contributed by atoms with E-state index < -0.39 is 0 Å². The Balaban J connectivity index is 1.71.